The molecule has 8 nitrogen and oxygen atoms in total. The van der Waals surface area contributed by atoms with E-state index in [0.717, 1.165) is 6.07 Å². The number of anilines is 1. The van der Waals surface area contributed by atoms with Crippen molar-refractivity contribution in [1.29, 1.82) is 0 Å². The molecule has 2 aromatic rings. The number of sulfonamides is 1. The molecule has 0 aliphatic rings. The highest BCUT2D eigenvalue weighted by Gasteiger charge is 2.31. The molecular weight excluding hydrogens is 479 g/mol. The van der Waals surface area contributed by atoms with E-state index in [1.54, 1.807) is 18.2 Å². The molecule has 2 unspecified atom stereocenters. The van der Waals surface area contributed by atoms with E-state index in [9.17, 15) is 23.1 Å². The van der Waals surface area contributed by atoms with E-state index >= 15 is 0 Å². The van der Waals surface area contributed by atoms with Crippen LogP contribution in [-0.2, 0) is 24.3 Å². The zero-order chi connectivity index (χ0) is 22.5. The lowest BCUT2D eigenvalue weighted by Gasteiger charge is -2.20. The molecule has 0 radical (unpaired) electrons. The monoisotopic (exact) mass is 494 g/mol. The highest BCUT2D eigenvalue weighted by molar-refractivity contribution is 7.89. The van der Waals surface area contributed by atoms with Crippen molar-refractivity contribution in [1.82, 2.24) is 4.72 Å². The molecule has 12 heteroatoms. The summed E-state index contributed by atoms with van der Waals surface area (Å²) in [6, 6.07) is 8.18. The number of ether oxygens (including phenoxy) is 1. The fourth-order valence-corrected chi connectivity index (χ4v) is 4.05. The first-order valence-electron chi connectivity index (χ1n) is 8.37. The number of carbonyl (C=O) groups is 2. The van der Waals surface area contributed by atoms with Crippen LogP contribution in [0.3, 0.4) is 0 Å². The maximum Gasteiger partial charge on any atom is 0.327 e. The second-order valence-electron chi connectivity index (χ2n) is 6.08. The van der Waals surface area contributed by atoms with E-state index in [1.165, 1.54) is 25.1 Å². The summed E-state index contributed by atoms with van der Waals surface area (Å²) in [6.45, 7) is 0.485. The van der Waals surface area contributed by atoms with Gasteiger partial charge in [0.1, 0.15) is 6.04 Å². The lowest BCUT2D eigenvalue weighted by atomic mass is 10.2. The second-order valence-corrected chi connectivity index (χ2v) is 9.05. The SMILES string of the molecule is CC(O)C(NS(=O)(=O)c1ccc(Cl)c(Cl)c1)C(=O)OCC(=O)Nc1cccc(Cl)c1. The summed E-state index contributed by atoms with van der Waals surface area (Å²) in [5, 5.41) is 12.8. The topological polar surface area (TPSA) is 122 Å². The molecule has 162 valence electrons. The number of aliphatic hydroxyl groups excluding tert-OH is 1. The van der Waals surface area contributed by atoms with Crippen LogP contribution < -0.4 is 10.0 Å². The molecule has 30 heavy (non-hydrogen) atoms. The molecule has 3 N–H and O–H groups in total. The number of halogens is 3. The number of carbonyl (C=O) groups excluding carboxylic acids is 2. The molecule has 2 atom stereocenters. The quantitative estimate of drug-likeness (QED) is 0.484. The summed E-state index contributed by atoms with van der Waals surface area (Å²) >= 11 is 17.4. The number of esters is 1. The molecule has 0 fully saturated rings. The number of rotatable bonds is 8. The zero-order valence-electron chi connectivity index (χ0n) is 15.4. The fourth-order valence-electron chi connectivity index (χ4n) is 2.21. The molecule has 0 saturated heterocycles. The molecule has 0 aliphatic carbocycles. The van der Waals surface area contributed by atoms with Gasteiger partial charge in [-0.05, 0) is 43.3 Å². The first-order valence-corrected chi connectivity index (χ1v) is 11.0. The lowest BCUT2D eigenvalue weighted by Crippen LogP contribution is -2.48. The molecular formula is C18H17Cl3N2O6S. The van der Waals surface area contributed by atoms with Gasteiger partial charge in [-0.15, -0.1) is 0 Å². The van der Waals surface area contributed by atoms with Crippen molar-refractivity contribution >= 4 is 62.4 Å². The smallest absolute Gasteiger partial charge is 0.327 e. The van der Waals surface area contributed by atoms with E-state index in [0.29, 0.717) is 10.7 Å². The van der Waals surface area contributed by atoms with Crippen molar-refractivity contribution in [2.24, 2.45) is 0 Å². The van der Waals surface area contributed by atoms with E-state index in [2.05, 4.69) is 5.32 Å². The molecule has 0 saturated carbocycles. The van der Waals surface area contributed by atoms with Crippen molar-refractivity contribution < 1.29 is 27.9 Å². The third kappa shape index (κ3) is 6.83. The van der Waals surface area contributed by atoms with Gasteiger partial charge in [-0.2, -0.15) is 4.72 Å². The third-order valence-electron chi connectivity index (χ3n) is 3.67. The Balaban J connectivity index is 2.03. The zero-order valence-corrected chi connectivity index (χ0v) is 18.5. The summed E-state index contributed by atoms with van der Waals surface area (Å²) in [6.07, 6.45) is -1.45. The Morgan fingerprint density at radius 1 is 1.10 bits per heavy atom. The van der Waals surface area contributed by atoms with E-state index < -0.39 is 40.7 Å². The van der Waals surface area contributed by atoms with Crippen molar-refractivity contribution in [3.8, 4) is 0 Å². The average Bonchev–Trinajstić information content (AvgIpc) is 2.66. The second kappa shape index (κ2) is 10.4. The first-order chi connectivity index (χ1) is 14.0. The van der Waals surface area contributed by atoms with Gasteiger partial charge in [0.15, 0.2) is 6.61 Å². The predicted octanol–water partition coefficient (Wildman–Crippen LogP) is 2.86. The summed E-state index contributed by atoms with van der Waals surface area (Å²) in [4.78, 5) is 23.9. The van der Waals surface area contributed by atoms with Crippen LogP contribution in [0, 0.1) is 0 Å². The average molecular weight is 496 g/mol. The van der Waals surface area contributed by atoms with Crippen LogP contribution >= 0.6 is 34.8 Å². The Morgan fingerprint density at radius 3 is 2.40 bits per heavy atom. The van der Waals surface area contributed by atoms with Gasteiger partial charge < -0.3 is 15.2 Å². The van der Waals surface area contributed by atoms with Gasteiger partial charge in [-0.3, -0.25) is 9.59 Å². The Kier molecular flexibility index (Phi) is 8.48. The predicted molar refractivity (Wildman–Crippen MR) is 113 cm³/mol. The highest BCUT2D eigenvalue weighted by atomic mass is 35.5. The van der Waals surface area contributed by atoms with Gasteiger partial charge in [0, 0.05) is 10.7 Å². The van der Waals surface area contributed by atoms with Gasteiger partial charge in [0.2, 0.25) is 10.0 Å². The summed E-state index contributed by atoms with van der Waals surface area (Å²) in [5.41, 5.74) is 0.385. The van der Waals surface area contributed by atoms with Crippen molar-refractivity contribution in [3.63, 3.8) is 0 Å². The van der Waals surface area contributed by atoms with Crippen LogP contribution in [0.2, 0.25) is 15.1 Å². The lowest BCUT2D eigenvalue weighted by molar-refractivity contribution is -0.151. The largest absolute Gasteiger partial charge is 0.454 e. The minimum Gasteiger partial charge on any atom is -0.454 e. The molecule has 2 rings (SSSR count). The van der Waals surface area contributed by atoms with Gasteiger partial charge in [0.25, 0.3) is 5.91 Å². The normalized spacial score (nSPS) is 13.4. The minimum absolute atomic E-state index is 0.00611. The van der Waals surface area contributed by atoms with Gasteiger partial charge >= 0.3 is 5.97 Å². The molecule has 0 aliphatic heterocycles. The number of hydrogen-bond acceptors (Lipinski definition) is 6. The highest BCUT2D eigenvalue weighted by Crippen LogP contribution is 2.25. The van der Waals surface area contributed by atoms with E-state index in [4.69, 9.17) is 39.5 Å². The Bertz CT molecular complexity index is 1050. The maximum atomic E-state index is 12.5. The Hall–Kier alpha value is -1.88. The number of nitrogens with one attached hydrogen (secondary N) is 2. The summed E-state index contributed by atoms with van der Waals surface area (Å²) in [5.74, 6) is -1.82. The van der Waals surface area contributed by atoms with Crippen molar-refractivity contribution in [2.45, 2.75) is 24.0 Å². The van der Waals surface area contributed by atoms with Crippen molar-refractivity contribution in [2.75, 3.05) is 11.9 Å². The summed E-state index contributed by atoms with van der Waals surface area (Å²) < 4.78 is 31.9. The number of amides is 1. The van der Waals surface area contributed by atoms with Crippen LogP contribution in [0.25, 0.3) is 0 Å². The molecule has 2 aromatic carbocycles. The van der Waals surface area contributed by atoms with E-state index in [1.807, 2.05) is 4.72 Å². The molecule has 0 heterocycles. The number of benzene rings is 2. The standard InChI is InChI=1S/C18H17Cl3N2O6S/c1-10(24)17(23-30(27,28)13-5-6-14(20)15(21)8-13)18(26)29-9-16(25)22-12-4-2-3-11(19)7-12/h2-8,10,17,23-24H,9H2,1H3,(H,22,25). The van der Waals surface area contributed by atoms with Gasteiger partial charge in [-0.25, -0.2) is 8.42 Å². The molecule has 1 amide bonds. The molecule has 0 aromatic heterocycles. The van der Waals surface area contributed by atoms with Crippen LogP contribution in [-0.4, -0.2) is 44.2 Å². The van der Waals surface area contributed by atoms with Gasteiger partial charge in [-0.1, -0.05) is 40.9 Å². The van der Waals surface area contributed by atoms with Gasteiger partial charge in [0.05, 0.1) is 21.0 Å². The third-order valence-corrected chi connectivity index (χ3v) is 6.09. The number of aliphatic hydroxyl groups is 1. The molecule has 0 bridgehead atoms. The minimum atomic E-state index is -4.25. The Morgan fingerprint density at radius 2 is 1.80 bits per heavy atom. The maximum absolute atomic E-state index is 12.5. The Labute approximate surface area is 188 Å². The van der Waals surface area contributed by atoms with Crippen LogP contribution in [0.1, 0.15) is 6.92 Å². The van der Waals surface area contributed by atoms with E-state index in [-0.39, 0.29) is 14.9 Å². The van der Waals surface area contributed by atoms with Crippen molar-refractivity contribution in [3.05, 3.63) is 57.5 Å². The first kappa shape index (κ1) is 24.4. The fraction of sp³-hybridized carbons (Fsp3) is 0.222. The molecule has 0 spiro atoms. The summed E-state index contributed by atoms with van der Waals surface area (Å²) in [7, 11) is -4.25. The van der Waals surface area contributed by atoms with Crippen LogP contribution in [0.5, 0.6) is 0 Å². The number of hydrogen-bond donors (Lipinski definition) is 3. The van der Waals surface area contributed by atoms with Crippen LogP contribution in [0.4, 0.5) is 5.69 Å². The van der Waals surface area contributed by atoms with Crippen LogP contribution in [0.15, 0.2) is 47.4 Å².